The van der Waals surface area contributed by atoms with E-state index in [9.17, 15) is 4.79 Å². The Bertz CT molecular complexity index is 1090. The maximum atomic E-state index is 12.4. The summed E-state index contributed by atoms with van der Waals surface area (Å²) in [6.45, 7) is 0.885. The quantitative estimate of drug-likeness (QED) is 0.535. The number of aromatic nitrogens is 1. The average molecular weight is 368 g/mol. The number of pyridine rings is 1. The van der Waals surface area contributed by atoms with Gasteiger partial charge in [0.1, 0.15) is 12.4 Å². The van der Waals surface area contributed by atoms with Crippen molar-refractivity contribution in [3.05, 3.63) is 108 Å². The van der Waals surface area contributed by atoms with Crippen LogP contribution >= 0.6 is 0 Å². The zero-order valence-corrected chi connectivity index (χ0v) is 15.3. The minimum absolute atomic E-state index is 0.124. The van der Waals surface area contributed by atoms with E-state index in [-0.39, 0.29) is 5.91 Å². The van der Waals surface area contributed by atoms with Gasteiger partial charge in [-0.1, -0.05) is 60.7 Å². The zero-order chi connectivity index (χ0) is 19.2. The van der Waals surface area contributed by atoms with Gasteiger partial charge in [-0.15, -0.1) is 0 Å². The Balaban J connectivity index is 1.42. The molecule has 0 aliphatic rings. The van der Waals surface area contributed by atoms with Crippen LogP contribution in [0.1, 0.15) is 21.5 Å². The van der Waals surface area contributed by atoms with Crippen molar-refractivity contribution in [1.29, 1.82) is 0 Å². The highest BCUT2D eigenvalue weighted by molar-refractivity contribution is 5.94. The van der Waals surface area contributed by atoms with E-state index in [1.54, 1.807) is 18.3 Å². The lowest BCUT2D eigenvalue weighted by Gasteiger charge is -2.10. The van der Waals surface area contributed by atoms with Crippen LogP contribution in [0.15, 0.2) is 91.1 Å². The summed E-state index contributed by atoms with van der Waals surface area (Å²) in [5.74, 6) is 0.529. The van der Waals surface area contributed by atoms with E-state index in [4.69, 9.17) is 4.74 Å². The maximum Gasteiger partial charge on any atom is 0.251 e. The summed E-state index contributed by atoms with van der Waals surface area (Å²) in [6, 6.07) is 27.1. The number of hydrogen-bond acceptors (Lipinski definition) is 3. The second kappa shape index (κ2) is 8.35. The Morgan fingerprint density at radius 2 is 1.71 bits per heavy atom. The molecule has 4 heteroatoms. The molecule has 0 bridgehead atoms. The third-order valence-corrected chi connectivity index (χ3v) is 4.50. The van der Waals surface area contributed by atoms with Gasteiger partial charge in [0.2, 0.25) is 0 Å². The highest BCUT2D eigenvalue weighted by Crippen LogP contribution is 2.20. The summed E-state index contributed by atoms with van der Waals surface area (Å²) in [4.78, 5) is 16.9. The lowest BCUT2D eigenvalue weighted by molar-refractivity contribution is 0.0950. The molecule has 0 aliphatic heterocycles. The number of para-hydroxylation sites is 1. The number of carbonyl (C=O) groups excluding carboxylic acids is 1. The molecule has 1 aromatic heterocycles. The first kappa shape index (κ1) is 17.7. The molecule has 1 heterocycles. The third-order valence-electron chi connectivity index (χ3n) is 4.50. The molecular formula is C24H20N2O2. The van der Waals surface area contributed by atoms with Crippen LogP contribution in [-0.2, 0) is 13.2 Å². The molecular weight excluding hydrogens is 348 g/mol. The Morgan fingerprint density at radius 1 is 0.893 bits per heavy atom. The molecule has 0 aliphatic carbocycles. The van der Waals surface area contributed by atoms with Gasteiger partial charge in [-0.05, 0) is 29.8 Å². The van der Waals surface area contributed by atoms with Gasteiger partial charge in [0.15, 0.2) is 0 Å². The SMILES string of the molecule is O=C(NCc1ccccc1)c1cccc(OCc2cccc3cccnc23)c1. The first-order chi connectivity index (χ1) is 13.8. The molecule has 0 atom stereocenters. The van der Waals surface area contributed by atoms with Gasteiger partial charge < -0.3 is 10.1 Å². The third kappa shape index (κ3) is 4.18. The van der Waals surface area contributed by atoms with Crippen LogP contribution in [0.4, 0.5) is 0 Å². The lowest BCUT2D eigenvalue weighted by Crippen LogP contribution is -2.22. The van der Waals surface area contributed by atoms with Gasteiger partial charge in [-0.25, -0.2) is 0 Å². The maximum absolute atomic E-state index is 12.4. The predicted molar refractivity (Wildman–Crippen MR) is 110 cm³/mol. The van der Waals surface area contributed by atoms with Crippen LogP contribution in [0.2, 0.25) is 0 Å². The van der Waals surface area contributed by atoms with Crippen LogP contribution in [0.5, 0.6) is 5.75 Å². The number of nitrogens with zero attached hydrogens (tertiary/aromatic N) is 1. The summed E-state index contributed by atoms with van der Waals surface area (Å²) in [7, 11) is 0. The number of amides is 1. The van der Waals surface area contributed by atoms with Gasteiger partial charge in [-0.3, -0.25) is 9.78 Å². The van der Waals surface area contributed by atoms with Crippen molar-refractivity contribution in [2.75, 3.05) is 0 Å². The van der Waals surface area contributed by atoms with E-state index in [0.29, 0.717) is 24.5 Å². The molecule has 0 radical (unpaired) electrons. The van der Waals surface area contributed by atoms with E-state index in [1.165, 1.54) is 0 Å². The number of rotatable bonds is 6. The normalized spacial score (nSPS) is 10.6. The van der Waals surface area contributed by atoms with E-state index in [1.807, 2.05) is 72.8 Å². The van der Waals surface area contributed by atoms with E-state index < -0.39 is 0 Å². The van der Waals surface area contributed by atoms with Crippen LogP contribution < -0.4 is 10.1 Å². The Labute approximate surface area is 163 Å². The number of nitrogens with one attached hydrogen (secondary N) is 1. The number of benzene rings is 3. The molecule has 3 aromatic carbocycles. The van der Waals surface area contributed by atoms with Crippen molar-refractivity contribution in [1.82, 2.24) is 10.3 Å². The van der Waals surface area contributed by atoms with Gasteiger partial charge in [0.25, 0.3) is 5.91 Å². The standard InChI is InChI=1S/C24H20N2O2/c27-24(26-16-18-7-2-1-3-8-18)20-10-5-13-22(15-20)28-17-21-11-4-9-19-12-6-14-25-23(19)21/h1-15H,16-17H2,(H,26,27). The molecule has 0 spiro atoms. The van der Waals surface area contributed by atoms with Crippen LogP contribution in [0, 0.1) is 0 Å². The van der Waals surface area contributed by atoms with Gasteiger partial charge >= 0.3 is 0 Å². The lowest BCUT2D eigenvalue weighted by atomic mass is 10.1. The number of carbonyl (C=O) groups is 1. The van der Waals surface area contributed by atoms with Gasteiger partial charge in [0.05, 0.1) is 5.52 Å². The number of hydrogen-bond donors (Lipinski definition) is 1. The first-order valence-electron chi connectivity index (χ1n) is 9.17. The molecule has 28 heavy (non-hydrogen) atoms. The molecule has 0 fully saturated rings. The summed E-state index contributed by atoms with van der Waals surface area (Å²) in [5.41, 5.74) is 3.58. The molecule has 1 N–H and O–H groups in total. The highest BCUT2D eigenvalue weighted by Gasteiger charge is 2.08. The van der Waals surface area contributed by atoms with Crippen molar-refractivity contribution >= 4 is 16.8 Å². The molecule has 4 rings (SSSR count). The molecule has 4 aromatic rings. The fourth-order valence-electron chi connectivity index (χ4n) is 3.05. The molecule has 4 nitrogen and oxygen atoms in total. The Kier molecular flexibility index (Phi) is 5.29. The summed E-state index contributed by atoms with van der Waals surface area (Å²) in [5, 5.41) is 4.02. The van der Waals surface area contributed by atoms with Crippen molar-refractivity contribution in [2.45, 2.75) is 13.2 Å². The Morgan fingerprint density at radius 3 is 2.61 bits per heavy atom. The molecule has 0 saturated carbocycles. The largest absolute Gasteiger partial charge is 0.489 e. The number of ether oxygens (including phenoxy) is 1. The van der Waals surface area contributed by atoms with Crippen molar-refractivity contribution in [2.24, 2.45) is 0 Å². The van der Waals surface area contributed by atoms with Crippen molar-refractivity contribution in [3.63, 3.8) is 0 Å². The van der Waals surface area contributed by atoms with E-state index in [2.05, 4.69) is 10.3 Å². The monoisotopic (exact) mass is 368 g/mol. The Hall–Kier alpha value is -3.66. The zero-order valence-electron chi connectivity index (χ0n) is 15.3. The minimum atomic E-state index is -0.124. The second-order valence-corrected chi connectivity index (χ2v) is 6.48. The first-order valence-corrected chi connectivity index (χ1v) is 9.17. The van der Waals surface area contributed by atoms with Crippen LogP contribution in [0.3, 0.4) is 0 Å². The fourth-order valence-corrected chi connectivity index (χ4v) is 3.05. The van der Waals surface area contributed by atoms with Gasteiger partial charge in [0, 0.05) is 29.3 Å². The summed E-state index contributed by atoms with van der Waals surface area (Å²) >= 11 is 0. The van der Waals surface area contributed by atoms with Crippen LogP contribution in [-0.4, -0.2) is 10.9 Å². The summed E-state index contributed by atoms with van der Waals surface area (Å²) < 4.78 is 5.93. The predicted octanol–water partition coefficient (Wildman–Crippen LogP) is 4.74. The van der Waals surface area contributed by atoms with Crippen molar-refractivity contribution in [3.8, 4) is 5.75 Å². The smallest absolute Gasteiger partial charge is 0.251 e. The summed E-state index contributed by atoms with van der Waals surface area (Å²) in [6.07, 6.45) is 1.78. The molecule has 0 unspecified atom stereocenters. The van der Waals surface area contributed by atoms with Gasteiger partial charge in [-0.2, -0.15) is 0 Å². The highest BCUT2D eigenvalue weighted by atomic mass is 16.5. The molecule has 1 amide bonds. The number of fused-ring (bicyclic) bond motifs is 1. The van der Waals surface area contributed by atoms with Crippen molar-refractivity contribution < 1.29 is 9.53 Å². The van der Waals surface area contributed by atoms with Crippen LogP contribution in [0.25, 0.3) is 10.9 Å². The molecule has 138 valence electrons. The topological polar surface area (TPSA) is 51.2 Å². The van der Waals surface area contributed by atoms with E-state index in [0.717, 1.165) is 22.0 Å². The van der Waals surface area contributed by atoms with E-state index >= 15 is 0 Å². The minimum Gasteiger partial charge on any atom is -0.489 e. The second-order valence-electron chi connectivity index (χ2n) is 6.48. The molecule has 0 saturated heterocycles. The average Bonchev–Trinajstić information content (AvgIpc) is 2.77. The fraction of sp³-hybridized carbons (Fsp3) is 0.0833.